The SMILES string of the molecule is O=C(Nc1nccs1)C1(F)C(F)(F)C(F)(F)C(F)(F)C(F)(F)C1(F)F. The summed E-state index contributed by atoms with van der Waals surface area (Å²) in [5.41, 5.74) is -6.71. The van der Waals surface area contributed by atoms with Crippen molar-refractivity contribution in [2.75, 3.05) is 5.32 Å². The highest BCUT2D eigenvalue weighted by atomic mass is 32.1. The Morgan fingerprint density at radius 3 is 1.56 bits per heavy atom. The molecule has 1 amide bonds. The number of alkyl halides is 11. The molecule has 0 saturated heterocycles. The first-order valence-electron chi connectivity index (χ1n) is 5.79. The first-order chi connectivity index (χ1) is 11.0. The third-order valence-electron chi connectivity index (χ3n) is 3.41. The lowest BCUT2D eigenvalue weighted by atomic mass is 9.71. The summed E-state index contributed by atoms with van der Waals surface area (Å²) in [7, 11) is 0. The van der Waals surface area contributed by atoms with Crippen LogP contribution in [-0.4, -0.2) is 46.2 Å². The van der Waals surface area contributed by atoms with Gasteiger partial charge in [0.15, 0.2) is 5.13 Å². The van der Waals surface area contributed by atoms with Crippen LogP contribution in [0.25, 0.3) is 0 Å². The van der Waals surface area contributed by atoms with Crippen LogP contribution in [0.4, 0.5) is 53.4 Å². The summed E-state index contributed by atoms with van der Waals surface area (Å²) in [6.07, 6.45) is 0.819. The highest BCUT2D eigenvalue weighted by molar-refractivity contribution is 7.13. The zero-order chi connectivity index (χ0) is 19.7. The smallest absolute Gasteiger partial charge is 0.299 e. The van der Waals surface area contributed by atoms with Gasteiger partial charge in [0.2, 0.25) is 0 Å². The van der Waals surface area contributed by atoms with Gasteiger partial charge in [-0.05, 0) is 0 Å². The molecular weight excluding hydrogens is 405 g/mol. The number of hydrogen-bond donors (Lipinski definition) is 1. The van der Waals surface area contributed by atoms with Gasteiger partial charge >= 0.3 is 35.3 Å². The third-order valence-corrected chi connectivity index (χ3v) is 4.10. The number of rotatable bonds is 2. The van der Waals surface area contributed by atoms with E-state index in [4.69, 9.17) is 0 Å². The maximum Gasteiger partial charge on any atom is 0.384 e. The molecule has 142 valence electrons. The van der Waals surface area contributed by atoms with Gasteiger partial charge in [-0.15, -0.1) is 11.3 Å². The van der Waals surface area contributed by atoms with Gasteiger partial charge in [-0.2, -0.15) is 43.9 Å². The molecule has 1 fully saturated rings. The Morgan fingerprint density at radius 1 is 0.800 bits per heavy atom. The Morgan fingerprint density at radius 2 is 1.20 bits per heavy atom. The van der Waals surface area contributed by atoms with Crippen LogP contribution < -0.4 is 5.32 Å². The van der Waals surface area contributed by atoms with Crippen molar-refractivity contribution in [3.8, 4) is 0 Å². The molecule has 15 heteroatoms. The Balaban J connectivity index is 2.71. The van der Waals surface area contributed by atoms with Crippen LogP contribution in [0.1, 0.15) is 0 Å². The second-order valence-electron chi connectivity index (χ2n) is 4.82. The highest BCUT2D eigenvalue weighted by Crippen LogP contribution is 2.69. The van der Waals surface area contributed by atoms with Gasteiger partial charge in [0.25, 0.3) is 5.91 Å². The van der Waals surface area contributed by atoms with Crippen molar-refractivity contribution in [3.63, 3.8) is 0 Å². The minimum absolute atomic E-state index is 0.291. The van der Waals surface area contributed by atoms with Gasteiger partial charge in [0, 0.05) is 11.6 Å². The molecular formula is C10H3F11N2OS. The van der Waals surface area contributed by atoms with Crippen molar-refractivity contribution < 1.29 is 53.1 Å². The van der Waals surface area contributed by atoms with Gasteiger partial charge in [-0.1, -0.05) is 0 Å². The molecule has 25 heavy (non-hydrogen) atoms. The highest BCUT2D eigenvalue weighted by Gasteiger charge is 3.02. The molecule has 1 aliphatic carbocycles. The minimum atomic E-state index is -7.36. The van der Waals surface area contributed by atoms with Crippen molar-refractivity contribution in [2.24, 2.45) is 0 Å². The second kappa shape index (κ2) is 4.94. The summed E-state index contributed by atoms with van der Waals surface area (Å²) in [5, 5.41) is 0.944. The van der Waals surface area contributed by atoms with Gasteiger partial charge in [0.05, 0.1) is 0 Å². The van der Waals surface area contributed by atoms with E-state index in [1.54, 1.807) is 0 Å². The quantitative estimate of drug-likeness (QED) is 0.753. The lowest BCUT2D eigenvalue weighted by molar-refractivity contribution is -0.475. The lowest BCUT2D eigenvalue weighted by Gasteiger charge is -2.51. The first kappa shape index (κ1) is 19.7. The van der Waals surface area contributed by atoms with Crippen LogP contribution in [0.2, 0.25) is 0 Å². The van der Waals surface area contributed by atoms with E-state index in [9.17, 15) is 53.1 Å². The number of carbonyl (C=O) groups excluding carboxylic acids is 1. The summed E-state index contributed by atoms with van der Waals surface area (Å²) in [6, 6.07) is 0. The molecule has 0 aromatic carbocycles. The fraction of sp³-hybridized carbons (Fsp3) is 0.600. The van der Waals surface area contributed by atoms with E-state index in [0.717, 1.165) is 16.9 Å². The van der Waals surface area contributed by atoms with E-state index in [2.05, 4.69) is 4.98 Å². The number of thiazole rings is 1. The average molecular weight is 408 g/mol. The fourth-order valence-electron chi connectivity index (χ4n) is 1.97. The second-order valence-corrected chi connectivity index (χ2v) is 5.72. The van der Waals surface area contributed by atoms with Crippen LogP contribution >= 0.6 is 11.3 Å². The monoisotopic (exact) mass is 408 g/mol. The summed E-state index contributed by atoms with van der Waals surface area (Å²) < 4.78 is 147. The average Bonchev–Trinajstić information content (AvgIpc) is 2.96. The van der Waals surface area contributed by atoms with Gasteiger partial charge in [0.1, 0.15) is 0 Å². The molecule has 1 saturated carbocycles. The zero-order valence-corrected chi connectivity index (χ0v) is 11.9. The normalized spacial score (nSPS) is 27.5. The minimum Gasteiger partial charge on any atom is -0.299 e. The molecule has 0 aliphatic heterocycles. The number of halogens is 11. The summed E-state index contributed by atoms with van der Waals surface area (Å²) in [6.45, 7) is 0. The molecule has 0 radical (unpaired) electrons. The van der Waals surface area contributed by atoms with Crippen molar-refractivity contribution in [3.05, 3.63) is 11.6 Å². The van der Waals surface area contributed by atoms with Crippen LogP contribution in [0, 0.1) is 0 Å². The number of nitrogens with one attached hydrogen (secondary N) is 1. The van der Waals surface area contributed by atoms with Crippen molar-refractivity contribution >= 4 is 22.4 Å². The number of carbonyl (C=O) groups is 1. The molecule has 0 atom stereocenters. The predicted molar refractivity (Wildman–Crippen MR) is 59.3 cm³/mol. The molecule has 1 heterocycles. The number of aromatic nitrogens is 1. The van der Waals surface area contributed by atoms with Gasteiger partial charge < -0.3 is 0 Å². The zero-order valence-electron chi connectivity index (χ0n) is 11.1. The first-order valence-corrected chi connectivity index (χ1v) is 6.67. The van der Waals surface area contributed by atoms with Crippen LogP contribution in [-0.2, 0) is 4.79 Å². The standard InChI is InChI=1S/C10H3F11N2OS/c11-5(3(24)23-4-22-1-2-25-4)6(12,13)8(16,17)10(20,21)9(18,19)7(5,14)15/h1-2H,(H,22,23,24). The van der Waals surface area contributed by atoms with E-state index in [0.29, 0.717) is 11.3 Å². The Hall–Kier alpha value is -1.67. The summed E-state index contributed by atoms with van der Waals surface area (Å²) in [5.74, 6) is -39.8. The van der Waals surface area contributed by atoms with Crippen molar-refractivity contribution in [2.45, 2.75) is 35.3 Å². The third kappa shape index (κ3) is 1.92. The summed E-state index contributed by atoms with van der Waals surface area (Å²) >= 11 is 0.291. The predicted octanol–water partition coefficient (Wildman–Crippen LogP) is 3.98. The van der Waals surface area contributed by atoms with Gasteiger partial charge in [-0.25, -0.2) is 9.37 Å². The topological polar surface area (TPSA) is 42.0 Å². The molecule has 2 rings (SSSR count). The molecule has 1 aromatic rings. The maximum atomic E-state index is 14.2. The Labute approximate surface area is 133 Å². The number of hydrogen-bond acceptors (Lipinski definition) is 3. The van der Waals surface area contributed by atoms with E-state index < -0.39 is 46.3 Å². The maximum absolute atomic E-state index is 14.2. The Bertz CT molecular complexity index is 657. The van der Waals surface area contributed by atoms with E-state index in [-0.39, 0.29) is 0 Å². The van der Waals surface area contributed by atoms with Crippen molar-refractivity contribution in [1.29, 1.82) is 0 Å². The number of anilines is 1. The van der Waals surface area contributed by atoms with Crippen LogP contribution in [0.3, 0.4) is 0 Å². The largest absolute Gasteiger partial charge is 0.384 e. The molecule has 1 N–H and O–H groups in total. The molecule has 0 bridgehead atoms. The fourth-order valence-corrected chi connectivity index (χ4v) is 2.50. The van der Waals surface area contributed by atoms with E-state index in [1.807, 2.05) is 0 Å². The number of amides is 1. The lowest BCUT2D eigenvalue weighted by Crippen LogP contribution is -2.86. The van der Waals surface area contributed by atoms with Crippen LogP contribution in [0.5, 0.6) is 0 Å². The molecule has 0 unspecified atom stereocenters. The Kier molecular flexibility index (Phi) is 3.89. The number of nitrogens with zero attached hydrogens (tertiary/aromatic N) is 1. The molecule has 1 aliphatic rings. The van der Waals surface area contributed by atoms with E-state index >= 15 is 0 Å². The van der Waals surface area contributed by atoms with Crippen molar-refractivity contribution in [1.82, 2.24) is 4.98 Å². The van der Waals surface area contributed by atoms with Gasteiger partial charge in [-0.3, -0.25) is 10.1 Å². The summed E-state index contributed by atoms with van der Waals surface area (Å²) in [4.78, 5) is 14.5. The molecule has 0 spiro atoms. The van der Waals surface area contributed by atoms with Crippen LogP contribution in [0.15, 0.2) is 11.6 Å². The molecule has 1 aromatic heterocycles. The van der Waals surface area contributed by atoms with E-state index in [1.165, 1.54) is 0 Å². The molecule has 3 nitrogen and oxygen atoms in total.